The number of benzene rings is 1. The van der Waals surface area contributed by atoms with E-state index >= 15 is 0 Å². The molecule has 0 saturated heterocycles. The standard InChI is InChI=1S/C14H19Cl2N/c1-10(9-17-14(2,3)4)5-11-6-12(15)8-13(16)7-11/h5-8,17H,9H2,1-4H3. The lowest BCUT2D eigenvalue weighted by Crippen LogP contribution is -2.36. The number of rotatable bonds is 3. The molecular weight excluding hydrogens is 253 g/mol. The van der Waals surface area contributed by atoms with Crippen molar-refractivity contribution < 1.29 is 0 Å². The third-order valence-corrected chi connectivity index (χ3v) is 2.63. The normalized spacial score (nSPS) is 12.9. The van der Waals surface area contributed by atoms with Crippen LogP contribution in [0.25, 0.3) is 6.08 Å². The van der Waals surface area contributed by atoms with Crippen LogP contribution in [0.4, 0.5) is 0 Å². The fourth-order valence-corrected chi connectivity index (χ4v) is 1.94. The maximum absolute atomic E-state index is 5.95. The molecule has 0 fully saturated rings. The lowest BCUT2D eigenvalue weighted by molar-refractivity contribution is 0.445. The molecule has 1 nitrogen and oxygen atoms in total. The molecule has 0 aliphatic rings. The molecule has 0 amide bonds. The summed E-state index contributed by atoms with van der Waals surface area (Å²) in [5.74, 6) is 0. The summed E-state index contributed by atoms with van der Waals surface area (Å²) in [7, 11) is 0. The third kappa shape index (κ3) is 6.11. The largest absolute Gasteiger partial charge is 0.308 e. The maximum atomic E-state index is 5.95. The molecular formula is C14H19Cl2N. The van der Waals surface area contributed by atoms with Crippen molar-refractivity contribution >= 4 is 29.3 Å². The van der Waals surface area contributed by atoms with Crippen LogP contribution in [0.5, 0.6) is 0 Å². The van der Waals surface area contributed by atoms with Gasteiger partial charge in [0.1, 0.15) is 0 Å². The van der Waals surface area contributed by atoms with E-state index in [0.717, 1.165) is 12.1 Å². The lowest BCUT2D eigenvalue weighted by Gasteiger charge is -2.20. The highest BCUT2D eigenvalue weighted by Gasteiger charge is 2.07. The Hall–Kier alpha value is -0.500. The van der Waals surface area contributed by atoms with Crippen molar-refractivity contribution in [2.75, 3.05) is 6.54 Å². The Morgan fingerprint density at radius 2 is 1.71 bits per heavy atom. The maximum Gasteiger partial charge on any atom is 0.0426 e. The first-order valence-electron chi connectivity index (χ1n) is 5.64. The summed E-state index contributed by atoms with van der Waals surface area (Å²) in [6.07, 6.45) is 2.09. The molecule has 94 valence electrons. The monoisotopic (exact) mass is 271 g/mol. The predicted molar refractivity (Wildman–Crippen MR) is 77.9 cm³/mol. The second-order valence-corrected chi connectivity index (χ2v) is 6.17. The quantitative estimate of drug-likeness (QED) is 0.834. The van der Waals surface area contributed by atoms with Gasteiger partial charge >= 0.3 is 0 Å². The van der Waals surface area contributed by atoms with E-state index in [0.29, 0.717) is 10.0 Å². The lowest BCUT2D eigenvalue weighted by atomic mass is 10.1. The van der Waals surface area contributed by atoms with Gasteiger partial charge in [-0.1, -0.05) is 34.9 Å². The SMILES string of the molecule is CC(=Cc1cc(Cl)cc(Cl)c1)CNC(C)(C)C. The molecule has 0 radical (unpaired) electrons. The minimum absolute atomic E-state index is 0.126. The van der Waals surface area contributed by atoms with Crippen LogP contribution in [0, 0.1) is 0 Å². The van der Waals surface area contributed by atoms with Gasteiger partial charge in [0, 0.05) is 22.1 Å². The molecule has 0 aliphatic heterocycles. The smallest absolute Gasteiger partial charge is 0.0426 e. The molecule has 0 spiro atoms. The van der Waals surface area contributed by atoms with Crippen LogP contribution in [0.15, 0.2) is 23.8 Å². The van der Waals surface area contributed by atoms with Crippen LogP contribution in [0.2, 0.25) is 10.0 Å². The van der Waals surface area contributed by atoms with Crippen LogP contribution >= 0.6 is 23.2 Å². The van der Waals surface area contributed by atoms with Crippen LogP contribution < -0.4 is 5.32 Å². The van der Waals surface area contributed by atoms with Crippen molar-refractivity contribution in [2.24, 2.45) is 0 Å². The average molecular weight is 272 g/mol. The summed E-state index contributed by atoms with van der Waals surface area (Å²) in [6.45, 7) is 9.39. The highest BCUT2D eigenvalue weighted by atomic mass is 35.5. The molecule has 0 heterocycles. The first kappa shape index (κ1) is 14.6. The van der Waals surface area contributed by atoms with Gasteiger partial charge in [0.25, 0.3) is 0 Å². The Morgan fingerprint density at radius 1 is 1.18 bits per heavy atom. The average Bonchev–Trinajstić information content (AvgIpc) is 2.11. The van der Waals surface area contributed by atoms with Crippen LogP contribution in [0.1, 0.15) is 33.3 Å². The van der Waals surface area contributed by atoms with E-state index < -0.39 is 0 Å². The molecule has 0 atom stereocenters. The first-order valence-corrected chi connectivity index (χ1v) is 6.40. The fraction of sp³-hybridized carbons (Fsp3) is 0.429. The van der Waals surface area contributed by atoms with Gasteiger partial charge in [0.2, 0.25) is 0 Å². The molecule has 1 N–H and O–H groups in total. The molecule has 0 aliphatic carbocycles. The molecule has 17 heavy (non-hydrogen) atoms. The summed E-state index contributed by atoms with van der Waals surface area (Å²) in [5.41, 5.74) is 2.41. The van der Waals surface area contributed by atoms with E-state index in [2.05, 4.69) is 39.1 Å². The van der Waals surface area contributed by atoms with Gasteiger partial charge in [-0.15, -0.1) is 0 Å². The molecule has 0 unspecified atom stereocenters. The van der Waals surface area contributed by atoms with Crippen LogP contribution in [-0.4, -0.2) is 12.1 Å². The number of halogens is 2. The Balaban J connectivity index is 2.74. The summed E-state index contributed by atoms with van der Waals surface area (Å²) >= 11 is 11.9. The highest BCUT2D eigenvalue weighted by molar-refractivity contribution is 6.34. The van der Waals surface area contributed by atoms with E-state index in [-0.39, 0.29) is 5.54 Å². The van der Waals surface area contributed by atoms with Gasteiger partial charge in [-0.3, -0.25) is 0 Å². The zero-order valence-electron chi connectivity index (χ0n) is 10.8. The second-order valence-electron chi connectivity index (χ2n) is 5.30. The van der Waals surface area contributed by atoms with Crippen molar-refractivity contribution in [3.8, 4) is 0 Å². The van der Waals surface area contributed by atoms with E-state index in [1.54, 1.807) is 6.07 Å². The minimum Gasteiger partial charge on any atom is -0.308 e. The van der Waals surface area contributed by atoms with Crippen molar-refractivity contribution in [1.82, 2.24) is 5.32 Å². The Bertz CT molecular complexity index is 396. The van der Waals surface area contributed by atoms with Crippen molar-refractivity contribution in [3.05, 3.63) is 39.4 Å². The molecule has 0 saturated carbocycles. The summed E-state index contributed by atoms with van der Waals surface area (Å²) in [6, 6.07) is 5.56. The number of hydrogen-bond donors (Lipinski definition) is 1. The first-order chi connectivity index (χ1) is 7.76. The van der Waals surface area contributed by atoms with Gasteiger partial charge in [-0.25, -0.2) is 0 Å². The van der Waals surface area contributed by atoms with Crippen LogP contribution in [0.3, 0.4) is 0 Å². The molecule has 3 heteroatoms. The van der Waals surface area contributed by atoms with Crippen molar-refractivity contribution in [3.63, 3.8) is 0 Å². The molecule has 0 aromatic heterocycles. The van der Waals surface area contributed by atoms with Crippen LogP contribution in [-0.2, 0) is 0 Å². The fourth-order valence-electron chi connectivity index (χ4n) is 1.40. The van der Waals surface area contributed by atoms with Crippen molar-refractivity contribution in [2.45, 2.75) is 33.2 Å². The summed E-state index contributed by atoms with van der Waals surface area (Å²) in [5, 5.41) is 4.77. The predicted octanol–water partition coefficient (Wildman–Crippen LogP) is 4.78. The molecule has 0 bridgehead atoms. The molecule has 1 aromatic carbocycles. The topological polar surface area (TPSA) is 12.0 Å². The summed E-state index contributed by atoms with van der Waals surface area (Å²) < 4.78 is 0. The van der Waals surface area contributed by atoms with E-state index in [9.17, 15) is 0 Å². The van der Waals surface area contributed by atoms with Crippen molar-refractivity contribution in [1.29, 1.82) is 0 Å². The van der Waals surface area contributed by atoms with Gasteiger partial charge in [-0.05, 0) is 51.5 Å². The van der Waals surface area contributed by atoms with Gasteiger partial charge in [-0.2, -0.15) is 0 Å². The van der Waals surface area contributed by atoms with E-state index in [4.69, 9.17) is 23.2 Å². The third-order valence-electron chi connectivity index (χ3n) is 2.20. The summed E-state index contributed by atoms with van der Waals surface area (Å²) in [4.78, 5) is 0. The number of nitrogens with one attached hydrogen (secondary N) is 1. The van der Waals surface area contributed by atoms with Gasteiger partial charge < -0.3 is 5.32 Å². The van der Waals surface area contributed by atoms with E-state index in [1.807, 2.05) is 12.1 Å². The Kier molecular flexibility index (Phi) is 5.05. The van der Waals surface area contributed by atoms with Gasteiger partial charge in [0.05, 0.1) is 0 Å². The highest BCUT2D eigenvalue weighted by Crippen LogP contribution is 2.20. The number of hydrogen-bond acceptors (Lipinski definition) is 1. The Labute approximate surface area is 114 Å². The van der Waals surface area contributed by atoms with Gasteiger partial charge in [0.15, 0.2) is 0 Å². The second kappa shape index (κ2) is 5.90. The minimum atomic E-state index is 0.126. The Morgan fingerprint density at radius 3 is 2.18 bits per heavy atom. The molecule has 1 aromatic rings. The molecule has 1 rings (SSSR count). The van der Waals surface area contributed by atoms with E-state index in [1.165, 1.54) is 5.57 Å². The zero-order valence-corrected chi connectivity index (χ0v) is 12.3. The zero-order chi connectivity index (χ0) is 13.1.